The third kappa shape index (κ3) is 8.41. The summed E-state index contributed by atoms with van der Waals surface area (Å²) in [4.78, 5) is 0. The minimum Gasteiger partial charge on any atom is -0.317 e. The maximum Gasteiger partial charge on any atom is 0.00146 e. The van der Waals surface area contributed by atoms with Crippen LogP contribution in [-0.2, 0) is 0 Å². The lowest BCUT2D eigenvalue weighted by Crippen LogP contribution is -2.17. The Balaban J connectivity index is 2.90. The molecule has 0 aromatic rings. The molecule has 0 radical (unpaired) electrons. The van der Waals surface area contributed by atoms with E-state index in [9.17, 15) is 0 Å². The van der Waals surface area contributed by atoms with Crippen LogP contribution in [0.1, 0.15) is 46.0 Å². The first kappa shape index (κ1) is 12.3. The summed E-state index contributed by atoms with van der Waals surface area (Å²) in [5, 5.41) is 4.04. The normalized spacial score (nSPS) is 13.2. The minimum absolute atomic E-state index is 0.609. The molecule has 1 N–H and O–H groups in total. The van der Waals surface area contributed by atoms with E-state index in [4.69, 9.17) is 0 Å². The van der Waals surface area contributed by atoms with Gasteiger partial charge in [0.25, 0.3) is 0 Å². The molecular weight excluding hydrogens is 166 g/mol. The predicted molar refractivity (Wildman–Crippen MR) is 60.1 cm³/mol. The standard InChI is InChI=1S/C10H23NS/c1-3-5-8-11-9-6-7-10(12)4-2/h10-12H,3-9H2,1-2H3. The molecule has 0 saturated heterocycles. The van der Waals surface area contributed by atoms with Gasteiger partial charge in [0, 0.05) is 5.25 Å². The summed E-state index contributed by atoms with van der Waals surface area (Å²) in [5.74, 6) is 0. The fourth-order valence-electron chi connectivity index (χ4n) is 1.09. The lowest BCUT2D eigenvalue weighted by Gasteiger charge is -2.07. The minimum atomic E-state index is 0.609. The zero-order valence-electron chi connectivity index (χ0n) is 8.47. The van der Waals surface area contributed by atoms with Gasteiger partial charge in [0.15, 0.2) is 0 Å². The van der Waals surface area contributed by atoms with Crippen molar-refractivity contribution in [2.45, 2.75) is 51.2 Å². The fraction of sp³-hybridized carbons (Fsp3) is 1.00. The maximum absolute atomic E-state index is 4.45. The smallest absolute Gasteiger partial charge is 0.00146 e. The van der Waals surface area contributed by atoms with Crippen LogP contribution in [0.4, 0.5) is 0 Å². The summed E-state index contributed by atoms with van der Waals surface area (Å²) in [5.41, 5.74) is 0. The Labute approximate surface area is 82.7 Å². The van der Waals surface area contributed by atoms with Crippen LogP contribution in [0.5, 0.6) is 0 Å². The van der Waals surface area contributed by atoms with Crippen molar-refractivity contribution in [3.05, 3.63) is 0 Å². The van der Waals surface area contributed by atoms with Crippen LogP contribution in [0.25, 0.3) is 0 Å². The Morgan fingerprint density at radius 3 is 2.42 bits per heavy atom. The first-order chi connectivity index (χ1) is 5.81. The van der Waals surface area contributed by atoms with Crippen LogP contribution in [0, 0.1) is 0 Å². The molecular formula is C10H23NS. The average Bonchev–Trinajstić information content (AvgIpc) is 2.10. The second-order valence-corrected chi connectivity index (χ2v) is 4.04. The first-order valence-corrected chi connectivity index (χ1v) is 5.71. The topological polar surface area (TPSA) is 12.0 Å². The summed E-state index contributed by atoms with van der Waals surface area (Å²) in [6, 6.07) is 0. The molecule has 12 heavy (non-hydrogen) atoms. The van der Waals surface area contributed by atoms with E-state index in [0.717, 1.165) is 6.54 Å². The lowest BCUT2D eigenvalue weighted by atomic mass is 10.2. The van der Waals surface area contributed by atoms with Crippen LogP contribution < -0.4 is 5.32 Å². The Hall–Kier alpha value is 0.310. The van der Waals surface area contributed by atoms with Gasteiger partial charge < -0.3 is 5.32 Å². The van der Waals surface area contributed by atoms with E-state index in [2.05, 4.69) is 31.8 Å². The SMILES string of the molecule is CCCCNCCCC(S)CC. The number of nitrogens with one attached hydrogen (secondary N) is 1. The van der Waals surface area contributed by atoms with E-state index in [1.54, 1.807) is 0 Å². The molecule has 0 saturated carbocycles. The number of thiol groups is 1. The van der Waals surface area contributed by atoms with Crippen LogP contribution in [0.15, 0.2) is 0 Å². The summed E-state index contributed by atoms with van der Waals surface area (Å²) < 4.78 is 0. The summed E-state index contributed by atoms with van der Waals surface area (Å²) in [6.07, 6.45) is 6.30. The highest BCUT2D eigenvalue weighted by Gasteiger charge is 1.97. The van der Waals surface area contributed by atoms with Crippen molar-refractivity contribution >= 4 is 12.6 Å². The highest BCUT2D eigenvalue weighted by molar-refractivity contribution is 7.80. The molecule has 1 unspecified atom stereocenters. The van der Waals surface area contributed by atoms with Gasteiger partial charge in [-0.05, 0) is 38.8 Å². The largest absolute Gasteiger partial charge is 0.317 e. The molecule has 1 atom stereocenters. The van der Waals surface area contributed by atoms with Crippen molar-refractivity contribution < 1.29 is 0 Å². The van der Waals surface area contributed by atoms with E-state index in [0.29, 0.717) is 5.25 Å². The molecule has 0 aromatic carbocycles. The summed E-state index contributed by atoms with van der Waals surface area (Å²) in [6.45, 7) is 6.77. The van der Waals surface area contributed by atoms with Gasteiger partial charge in [-0.2, -0.15) is 12.6 Å². The van der Waals surface area contributed by atoms with E-state index in [-0.39, 0.29) is 0 Å². The monoisotopic (exact) mass is 189 g/mol. The van der Waals surface area contributed by atoms with E-state index in [1.165, 1.54) is 38.6 Å². The molecule has 0 amide bonds. The zero-order chi connectivity index (χ0) is 9.23. The Morgan fingerprint density at radius 2 is 1.83 bits per heavy atom. The number of rotatable bonds is 8. The van der Waals surface area contributed by atoms with E-state index >= 15 is 0 Å². The quantitative estimate of drug-likeness (QED) is 0.442. The lowest BCUT2D eigenvalue weighted by molar-refractivity contribution is 0.589. The van der Waals surface area contributed by atoms with Crippen molar-refractivity contribution in [2.24, 2.45) is 0 Å². The molecule has 1 nitrogen and oxygen atoms in total. The molecule has 2 heteroatoms. The number of unbranched alkanes of at least 4 members (excludes halogenated alkanes) is 1. The van der Waals surface area contributed by atoms with Crippen molar-refractivity contribution in [1.29, 1.82) is 0 Å². The molecule has 0 aliphatic heterocycles. The van der Waals surface area contributed by atoms with Crippen LogP contribution in [0.2, 0.25) is 0 Å². The van der Waals surface area contributed by atoms with Gasteiger partial charge in [-0.15, -0.1) is 0 Å². The molecule has 0 rings (SSSR count). The Kier molecular flexibility index (Phi) is 9.64. The number of hydrogen-bond acceptors (Lipinski definition) is 2. The zero-order valence-corrected chi connectivity index (χ0v) is 9.37. The van der Waals surface area contributed by atoms with Crippen LogP contribution in [0.3, 0.4) is 0 Å². The highest BCUT2D eigenvalue weighted by Crippen LogP contribution is 2.07. The van der Waals surface area contributed by atoms with Gasteiger partial charge in [-0.1, -0.05) is 20.3 Å². The van der Waals surface area contributed by atoms with Crippen molar-refractivity contribution in [1.82, 2.24) is 5.32 Å². The second kappa shape index (κ2) is 9.40. The molecule has 0 fully saturated rings. The average molecular weight is 189 g/mol. The van der Waals surface area contributed by atoms with E-state index < -0.39 is 0 Å². The number of hydrogen-bond donors (Lipinski definition) is 2. The summed E-state index contributed by atoms with van der Waals surface area (Å²) in [7, 11) is 0. The molecule has 0 aliphatic rings. The molecule has 0 aromatic heterocycles. The third-order valence-corrected chi connectivity index (χ3v) is 2.69. The van der Waals surface area contributed by atoms with Crippen molar-refractivity contribution in [3.63, 3.8) is 0 Å². The predicted octanol–water partition coefficient (Wildman–Crippen LogP) is 2.86. The molecule has 0 bridgehead atoms. The molecule has 74 valence electrons. The van der Waals surface area contributed by atoms with Gasteiger partial charge in [-0.3, -0.25) is 0 Å². The Bertz CT molecular complexity index is 85.9. The van der Waals surface area contributed by atoms with Gasteiger partial charge in [0.2, 0.25) is 0 Å². The molecule has 0 aliphatic carbocycles. The van der Waals surface area contributed by atoms with Crippen LogP contribution in [-0.4, -0.2) is 18.3 Å². The van der Waals surface area contributed by atoms with Crippen molar-refractivity contribution in [2.75, 3.05) is 13.1 Å². The van der Waals surface area contributed by atoms with Crippen LogP contribution >= 0.6 is 12.6 Å². The van der Waals surface area contributed by atoms with E-state index in [1.807, 2.05) is 0 Å². The highest BCUT2D eigenvalue weighted by atomic mass is 32.1. The third-order valence-electron chi connectivity index (χ3n) is 2.07. The second-order valence-electron chi connectivity index (χ2n) is 3.31. The van der Waals surface area contributed by atoms with Crippen molar-refractivity contribution in [3.8, 4) is 0 Å². The van der Waals surface area contributed by atoms with Gasteiger partial charge in [0.1, 0.15) is 0 Å². The fourth-order valence-corrected chi connectivity index (χ4v) is 1.28. The molecule has 0 heterocycles. The Morgan fingerprint density at radius 1 is 1.17 bits per heavy atom. The summed E-state index contributed by atoms with van der Waals surface area (Å²) >= 11 is 4.45. The first-order valence-electron chi connectivity index (χ1n) is 5.20. The maximum atomic E-state index is 4.45. The van der Waals surface area contributed by atoms with Gasteiger partial charge in [0.05, 0.1) is 0 Å². The molecule has 0 spiro atoms. The van der Waals surface area contributed by atoms with Gasteiger partial charge >= 0.3 is 0 Å². The van der Waals surface area contributed by atoms with Gasteiger partial charge in [-0.25, -0.2) is 0 Å².